The van der Waals surface area contributed by atoms with Crippen LogP contribution in [0, 0.1) is 0 Å². The van der Waals surface area contributed by atoms with Crippen molar-refractivity contribution in [2.75, 3.05) is 7.11 Å². The third kappa shape index (κ3) is 2.29. The number of benzene rings is 1. The molecule has 1 aromatic rings. The summed E-state index contributed by atoms with van der Waals surface area (Å²) < 4.78 is 0. The first-order chi connectivity index (χ1) is 5.34. The van der Waals surface area contributed by atoms with Crippen LogP contribution < -0.4 is 5.48 Å². The molecule has 11 heavy (non-hydrogen) atoms. The van der Waals surface area contributed by atoms with Gasteiger partial charge in [-0.05, 0) is 0 Å². The second-order valence-corrected chi connectivity index (χ2v) is 2.41. The molecule has 1 N–H and O–H groups in total. The van der Waals surface area contributed by atoms with Crippen LogP contribution in [0.1, 0.15) is 5.56 Å². The molecule has 0 heterocycles. The first-order valence-electron chi connectivity index (χ1n) is 3.23. The molecule has 0 aliphatic heterocycles. The van der Waals surface area contributed by atoms with Gasteiger partial charge >= 0.3 is 0 Å². The lowest BCUT2D eigenvalue weighted by atomic mass is 10.2. The summed E-state index contributed by atoms with van der Waals surface area (Å²) in [5.41, 5.74) is 3.56. The number of hydrogen-bond donors (Lipinski definition) is 1. The van der Waals surface area contributed by atoms with E-state index in [2.05, 4.69) is 10.3 Å². The highest BCUT2D eigenvalue weighted by Crippen LogP contribution is 1.98. The second kappa shape index (κ2) is 4.05. The van der Waals surface area contributed by atoms with E-state index in [0.717, 1.165) is 5.56 Å². The maximum Gasteiger partial charge on any atom is 0.130 e. The van der Waals surface area contributed by atoms with Gasteiger partial charge in [0.25, 0.3) is 0 Å². The van der Waals surface area contributed by atoms with E-state index in [1.54, 1.807) is 0 Å². The van der Waals surface area contributed by atoms with Gasteiger partial charge in [-0.25, -0.2) is 0 Å². The van der Waals surface area contributed by atoms with E-state index in [4.69, 9.17) is 12.2 Å². The quantitative estimate of drug-likeness (QED) is 0.533. The fourth-order valence-electron chi connectivity index (χ4n) is 0.741. The lowest BCUT2D eigenvalue weighted by Gasteiger charge is -2.03. The summed E-state index contributed by atoms with van der Waals surface area (Å²) in [5.74, 6) is 0. The summed E-state index contributed by atoms with van der Waals surface area (Å²) in [6.07, 6.45) is 0. The average molecular weight is 167 g/mol. The standard InChI is InChI=1S/C8H9NOS/c1-10-9-8(11)7-5-3-2-4-6-7/h2-6H,1H3,(H,9,11). The van der Waals surface area contributed by atoms with Crippen LogP contribution in [-0.2, 0) is 4.84 Å². The summed E-state index contributed by atoms with van der Waals surface area (Å²) in [7, 11) is 1.54. The normalized spacial score (nSPS) is 9.18. The first-order valence-corrected chi connectivity index (χ1v) is 3.64. The molecule has 1 aromatic carbocycles. The van der Waals surface area contributed by atoms with Crippen LogP contribution in [0.2, 0.25) is 0 Å². The van der Waals surface area contributed by atoms with E-state index in [1.807, 2.05) is 30.3 Å². The minimum atomic E-state index is 0.605. The molecular weight excluding hydrogens is 158 g/mol. The smallest absolute Gasteiger partial charge is 0.130 e. The van der Waals surface area contributed by atoms with E-state index in [1.165, 1.54) is 7.11 Å². The first kappa shape index (κ1) is 8.17. The molecule has 0 radical (unpaired) electrons. The van der Waals surface area contributed by atoms with E-state index in [9.17, 15) is 0 Å². The summed E-state index contributed by atoms with van der Waals surface area (Å²) in [4.78, 5) is 5.27. The van der Waals surface area contributed by atoms with E-state index < -0.39 is 0 Å². The van der Waals surface area contributed by atoms with Crippen molar-refractivity contribution in [1.29, 1.82) is 0 Å². The molecule has 0 aromatic heterocycles. The largest absolute Gasteiger partial charge is 0.279 e. The molecule has 0 aliphatic rings. The van der Waals surface area contributed by atoms with E-state index >= 15 is 0 Å². The van der Waals surface area contributed by atoms with Crippen molar-refractivity contribution >= 4 is 17.2 Å². The highest BCUT2D eigenvalue weighted by Gasteiger charge is 1.95. The fraction of sp³-hybridized carbons (Fsp3) is 0.125. The maximum atomic E-state index is 4.98. The number of hydrogen-bond acceptors (Lipinski definition) is 2. The Morgan fingerprint density at radius 1 is 1.36 bits per heavy atom. The Balaban J connectivity index is 2.69. The van der Waals surface area contributed by atoms with Crippen LogP contribution in [0.4, 0.5) is 0 Å². The monoisotopic (exact) mass is 167 g/mol. The van der Waals surface area contributed by atoms with Gasteiger partial charge in [-0.3, -0.25) is 10.3 Å². The van der Waals surface area contributed by atoms with Gasteiger partial charge in [-0.15, -0.1) is 0 Å². The Morgan fingerprint density at radius 2 is 2.00 bits per heavy atom. The Bertz CT molecular complexity index is 235. The number of hydroxylamine groups is 1. The summed E-state index contributed by atoms with van der Waals surface area (Å²) in [6, 6.07) is 9.65. The zero-order valence-electron chi connectivity index (χ0n) is 6.20. The molecular formula is C8H9NOS. The summed E-state index contributed by atoms with van der Waals surface area (Å²) >= 11 is 4.98. The number of thiocarbonyl (C=S) groups is 1. The van der Waals surface area contributed by atoms with Gasteiger partial charge in [0.2, 0.25) is 0 Å². The van der Waals surface area contributed by atoms with Gasteiger partial charge in [-0.2, -0.15) is 0 Å². The van der Waals surface area contributed by atoms with Gasteiger partial charge < -0.3 is 0 Å². The zero-order chi connectivity index (χ0) is 8.10. The predicted octanol–water partition coefficient (Wildman–Crippen LogP) is 1.51. The molecule has 2 nitrogen and oxygen atoms in total. The lowest BCUT2D eigenvalue weighted by Crippen LogP contribution is -2.20. The highest BCUT2D eigenvalue weighted by atomic mass is 32.1. The Kier molecular flexibility index (Phi) is 3.01. The van der Waals surface area contributed by atoms with Crippen molar-refractivity contribution in [1.82, 2.24) is 5.48 Å². The molecule has 0 saturated carbocycles. The van der Waals surface area contributed by atoms with Crippen LogP contribution in [0.25, 0.3) is 0 Å². The van der Waals surface area contributed by atoms with Crippen LogP contribution in [0.5, 0.6) is 0 Å². The summed E-state index contributed by atoms with van der Waals surface area (Å²) in [5, 5.41) is 0. The molecule has 0 amide bonds. The minimum absolute atomic E-state index is 0.605. The van der Waals surface area contributed by atoms with E-state index in [-0.39, 0.29) is 0 Å². The Labute approximate surface area is 71.1 Å². The second-order valence-electron chi connectivity index (χ2n) is 2.00. The molecule has 3 heteroatoms. The molecule has 1 rings (SSSR count). The van der Waals surface area contributed by atoms with Crippen LogP contribution in [0.3, 0.4) is 0 Å². The van der Waals surface area contributed by atoms with Gasteiger partial charge in [-0.1, -0.05) is 42.5 Å². The predicted molar refractivity (Wildman–Crippen MR) is 48.3 cm³/mol. The molecule has 58 valence electrons. The number of nitrogens with one attached hydrogen (secondary N) is 1. The van der Waals surface area contributed by atoms with Crippen molar-refractivity contribution in [3.63, 3.8) is 0 Å². The third-order valence-electron chi connectivity index (χ3n) is 1.23. The maximum absolute atomic E-state index is 4.98. The minimum Gasteiger partial charge on any atom is -0.279 e. The topological polar surface area (TPSA) is 21.3 Å². The summed E-state index contributed by atoms with van der Waals surface area (Å²) in [6.45, 7) is 0. The molecule has 0 spiro atoms. The van der Waals surface area contributed by atoms with Crippen molar-refractivity contribution in [2.24, 2.45) is 0 Å². The van der Waals surface area contributed by atoms with Crippen LogP contribution >= 0.6 is 12.2 Å². The lowest BCUT2D eigenvalue weighted by molar-refractivity contribution is 0.147. The third-order valence-corrected chi connectivity index (χ3v) is 1.55. The van der Waals surface area contributed by atoms with Crippen molar-refractivity contribution < 1.29 is 4.84 Å². The van der Waals surface area contributed by atoms with Crippen molar-refractivity contribution in [2.45, 2.75) is 0 Å². The van der Waals surface area contributed by atoms with E-state index in [0.29, 0.717) is 4.99 Å². The van der Waals surface area contributed by atoms with Crippen molar-refractivity contribution in [3.05, 3.63) is 35.9 Å². The molecule has 0 saturated heterocycles. The molecule has 0 atom stereocenters. The van der Waals surface area contributed by atoms with Crippen LogP contribution in [0.15, 0.2) is 30.3 Å². The Morgan fingerprint density at radius 3 is 2.55 bits per heavy atom. The molecule has 0 aliphatic carbocycles. The zero-order valence-corrected chi connectivity index (χ0v) is 7.02. The molecule has 0 bridgehead atoms. The van der Waals surface area contributed by atoms with Gasteiger partial charge in [0, 0.05) is 5.56 Å². The van der Waals surface area contributed by atoms with Gasteiger partial charge in [0.15, 0.2) is 0 Å². The SMILES string of the molecule is CONC(=S)c1ccccc1. The van der Waals surface area contributed by atoms with Crippen LogP contribution in [-0.4, -0.2) is 12.1 Å². The van der Waals surface area contributed by atoms with Crippen molar-refractivity contribution in [3.8, 4) is 0 Å². The highest BCUT2D eigenvalue weighted by molar-refractivity contribution is 7.80. The fourth-order valence-corrected chi connectivity index (χ4v) is 0.961. The average Bonchev–Trinajstić information content (AvgIpc) is 2.07. The number of rotatable bonds is 2. The molecule has 0 fully saturated rings. The Hall–Kier alpha value is -0.930. The van der Waals surface area contributed by atoms with Gasteiger partial charge in [0.1, 0.15) is 4.99 Å². The molecule has 0 unspecified atom stereocenters. The van der Waals surface area contributed by atoms with Gasteiger partial charge in [0.05, 0.1) is 7.11 Å².